The van der Waals surface area contributed by atoms with Gasteiger partial charge in [-0.2, -0.15) is 0 Å². The van der Waals surface area contributed by atoms with Crippen molar-refractivity contribution in [2.45, 2.75) is 52.7 Å². The lowest BCUT2D eigenvalue weighted by Crippen LogP contribution is -2.27. The highest BCUT2D eigenvalue weighted by Crippen LogP contribution is 2.22. The van der Waals surface area contributed by atoms with E-state index in [-0.39, 0.29) is 18.4 Å². The normalized spacial score (nSPS) is 13.7. The van der Waals surface area contributed by atoms with Crippen LogP contribution < -0.4 is 10.6 Å². The van der Waals surface area contributed by atoms with Crippen molar-refractivity contribution >= 4 is 18.1 Å². The van der Waals surface area contributed by atoms with Crippen molar-refractivity contribution in [1.29, 1.82) is 0 Å². The highest BCUT2D eigenvalue weighted by Gasteiger charge is 2.17. The molecule has 0 fully saturated rings. The van der Waals surface area contributed by atoms with Crippen molar-refractivity contribution in [3.05, 3.63) is 29.8 Å². The van der Waals surface area contributed by atoms with Gasteiger partial charge < -0.3 is 15.7 Å². The molecule has 4 heteroatoms. The number of rotatable bonds is 8. The minimum atomic E-state index is -0.461. The second kappa shape index (κ2) is 10.0. The summed E-state index contributed by atoms with van der Waals surface area (Å²) in [5.74, 6) is 0.599. The Bertz CT molecular complexity index is 377. The van der Waals surface area contributed by atoms with Crippen LogP contribution in [0.1, 0.15) is 52.1 Å². The molecule has 1 rings (SSSR count). The molecule has 0 unspecified atom stereocenters. The van der Waals surface area contributed by atoms with Gasteiger partial charge in [0.05, 0.1) is 12.1 Å². The van der Waals surface area contributed by atoms with Gasteiger partial charge in [0.15, 0.2) is 0 Å². The van der Waals surface area contributed by atoms with Crippen LogP contribution in [0.3, 0.4) is 0 Å². The third kappa shape index (κ3) is 6.25. The van der Waals surface area contributed by atoms with Gasteiger partial charge in [0, 0.05) is 18.8 Å². The van der Waals surface area contributed by atoms with Gasteiger partial charge in [0.1, 0.15) is 0 Å². The van der Waals surface area contributed by atoms with Gasteiger partial charge in [0.2, 0.25) is 0 Å². The zero-order chi connectivity index (χ0) is 15.1. The Morgan fingerprint density at radius 3 is 2.00 bits per heavy atom. The highest BCUT2D eigenvalue weighted by atomic mass is 35.5. The SMILES string of the molecule is CCN(CC)c1ccc([C@H](N)[C@H](O)CCC(C)C)cc1.Cl. The summed E-state index contributed by atoms with van der Waals surface area (Å²) in [6.07, 6.45) is 1.31. The standard InChI is InChI=1S/C17H30N2O.ClH/c1-5-19(6-2)15-10-8-14(9-11-15)17(18)16(20)12-7-13(3)4;/h8-11,13,16-17,20H,5-7,12,18H2,1-4H3;1H/t16-,17+;/m1./s1. The molecule has 2 atom stereocenters. The van der Waals surface area contributed by atoms with E-state index in [2.05, 4.69) is 44.7 Å². The molecular formula is C17H31ClN2O. The van der Waals surface area contributed by atoms with Crippen molar-refractivity contribution < 1.29 is 5.11 Å². The summed E-state index contributed by atoms with van der Waals surface area (Å²) < 4.78 is 0. The van der Waals surface area contributed by atoms with Gasteiger partial charge in [-0.3, -0.25) is 0 Å². The Balaban J connectivity index is 0.00000400. The fourth-order valence-electron chi connectivity index (χ4n) is 2.40. The molecule has 122 valence electrons. The molecule has 3 N–H and O–H groups in total. The van der Waals surface area contributed by atoms with Crippen LogP contribution in [-0.4, -0.2) is 24.3 Å². The van der Waals surface area contributed by atoms with Gasteiger partial charge >= 0.3 is 0 Å². The van der Waals surface area contributed by atoms with Crippen LogP contribution in [-0.2, 0) is 0 Å². The Morgan fingerprint density at radius 2 is 1.57 bits per heavy atom. The van der Waals surface area contributed by atoms with Gasteiger partial charge in [-0.25, -0.2) is 0 Å². The third-order valence-electron chi connectivity index (χ3n) is 3.86. The second-order valence-electron chi connectivity index (χ2n) is 5.83. The fraction of sp³-hybridized carbons (Fsp3) is 0.647. The van der Waals surface area contributed by atoms with Gasteiger partial charge in [0.25, 0.3) is 0 Å². The van der Waals surface area contributed by atoms with E-state index in [9.17, 15) is 5.11 Å². The Morgan fingerprint density at radius 1 is 1.05 bits per heavy atom. The first-order valence-electron chi connectivity index (χ1n) is 7.78. The van der Waals surface area contributed by atoms with Crippen molar-refractivity contribution in [1.82, 2.24) is 0 Å². The van der Waals surface area contributed by atoms with Crippen LogP contribution in [0.5, 0.6) is 0 Å². The summed E-state index contributed by atoms with van der Waals surface area (Å²) in [7, 11) is 0. The number of aliphatic hydroxyl groups is 1. The van der Waals surface area contributed by atoms with Crippen molar-refractivity contribution in [3.63, 3.8) is 0 Å². The number of hydrogen-bond acceptors (Lipinski definition) is 3. The first-order valence-corrected chi connectivity index (χ1v) is 7.78. The summed E-state index contributed by atoms with van der Waals surface area (Å²) in [6, 6.07) is 7.97. The maximum absolute atomic E-state index is 10.2. The first kappa shape index (κ1) is 20.2. The van der Waals surface area contributed by atoms with Gasteiger partial charge in [-0.15, -0.1) is 12.4 Å². The monoisotopic (exact) mass is 314 g/mol. The average Bonchev–Trinajstić information content (AvgIpc) is 2.46. The molecule has 0 aliphatic rings. The summed E-state index contributed by atoms with van der Waals surface area (Å²) >= 11 is 0. The lowest BCUT2D eigenvalue weighted by Gasteiger charge is -2.23. The van der Waals surface area contributed by atoms with E-state index in [4.69, 9.17) is 5.73 Å². The third-order valence-corrected chi connectivity index (χ3v) is 3.86. The predicted molar refractivity (Wildman–Crippen MR) is 94.3 cm³/mol. The molecule has 0 aromatic heterocycles. The van der Waals surface area contributed by atoms with E-state index in [1.807, 2.05) is 12.1 Å². The van der Waals surface area contributed by atoms with Crippen LogP contribution >= 0.6 is 12.4 Å². The smallest absolute Gasteiger partial charge is 0.0732 e. The lowest BCUT2D eigenvalue weighted by atomic mass is 9.96. The summed E-state index contributed by atoms with van der Waals surface area (Å²) in [5, 5.41) is 10.2. The van der Waals surface area contributed by atoms with E-state index in [1.165, 1.54) is 5.69 Å². The Hall–Kier alpha value is -0.770. The summed E-state index contributed by atoms with van der Waals surface area (Å²) in [4.78, 5) is 2.30. The summed E-state index contributed by atoms with van der Waals surface area (Å²) in [6.45, 7) is 10.6. The zero-order valence-electron chi connectivity index (χ0n) is 13.7. The van der Waals surface area contributed by atoms with Crippen molar-refractivity contribution in [2.24, 2.45) is 11.7 Å². The van der Waals surface area contributed by atoms with Crippen LogP contribution in [0.4, 0.5) is 5.69 Å². The minimum absolute atomic E-state index is 0. The Labute approximate surface area is 135 Å². The molecule has 1 aromatic rings. The number of nitrogens with two attached hydrogens (primary N) is 1. The van der Waals surface area contributed by atoms with E-state index in [0.717, 1.165) is 31.5 Å². The fourth-order valence-corrected chi connectivity index (χ4v) is 2.40. The van der Waals surface area contributed by atoms with E-state index >= 15 is 0 Å². The van der Waals surface area contributed by atoms with Gasteiger partial charge in [-0.1, -0.05) is 26.0 Å². The molecular weight excluding hydrogens is 284 g/mol. The minimum Gasteiger partial charge on any atom is -0.391 e. The maximum atomic E-state index is 10.2. The number of halogens is 1. The molecule has 0 heterocycles. The number of nitrogens with zero attached hydrogens (tertiary/aromatic N) is 1. The largest absolute Gasteiger partial charge is 0.391 e. The average molecular weight is 315 g/mol. The molecule has 1 aromatic carbocycles. The van der Waals surface area contributed by atoms with Crippen LogP contribution in [0.15, 0.2) is 24.3 Å². The second-order valence-corrected chi connectivity index (χ2v) is 5.83. The maximum Gasteiger partial charge on any atom is 0.0732 e. The highest BCUT2D eigenvalue weighted by molar-refractivity contribution is 5.85. The van der Waals surface area contributed by atoms with Crippen molar-refractivity contribution in [3.8, 4) is 0 Å². The molecule has 0 spiro atoms. The Kier molecular flexibility index (Phi) is 9.67. The lowest BCUT2D eigenvalue weighted by molar-refractivity contribution is 0.128. The van der Waals surface area contributed by atoms with Crippen molar-refractivity contribution in [2.75, 3.05) is 18.0 Å². The molecule has 3 nitrogen and oxygen atoms in total. The molecule has 21 heavy (non-hydrogen) atoms. The zero-order valence-corrected chi connectivity index (χ0v) is 14.6. The van der Waals surface area contributed by atoms with Gasteiger partial charge in [-0.05, 0) is 50.3 Å². The molecule has 0 saturated heterocycles. The predicted octanol–water partition coefficient (Wildman–Crippen LogP) is 3.75. The first-order chi connectivity index (χ1) is 9.49. The summed E-state index contributed by atoms with van der Waals surface area (Å²) in [5.41, 5.74) is 8.37. The molecule has 0 amide bonds. The molecule has 0 saturated carbocycles. The van der Waals surface area contributed by atoms with E-state index < -0.39 is 6.10 Å². The van der Waals surface area contributed by atoms with Crippen LogP contribution in [0.25, 0.3) is 0 Å². The molecule has 0 aliphatic heterocycles. The molecule has 0 bridgehead atoms. The van der Waals surface area contributed by atoms with Crippen LogP contribution in [0, 0.1) is 5.92 Å². The van der Waals surface area contributed by atoms with E-state index in [1.54, 1.807) is 0 Å². The number of aliphatic hydroxyl groups excluding tert-OH is 1. The van der Waals surface area contributed by atoms with Crippen LogP contribution in [0.2, 0.25) is 0 Å². The molecule has 0 aliphatic carbocycles. The topological polar surface area (TPSA) is 49.5 Å². The van der Waals surface area contributed by atoms with E-state index in [0.29, 0.717) is 5.92 Å². The number of anilines is 1. The quantitative estimate of drug-likeness (QED) is 0.768. The molecule has 0 radical (unpaired) electrons. The number of benzene rings is 1. The number of hydrogen-bond donors (Lipinski definition) is 2.